The molecule has 0 fully saturated rings. The number of pyridine rings is 1. The number of rotatable bonds is 3. The maximum atomic E-state index is 12.0. The van der Waals surface area contributed by atoms with Gasteiger partial charge in [-0.2, -0.15) is 0 Å². The number of hydrogen-bond acceptors (Lipinski definition) is 2. The lowest BCUT2D eigenvalue weighted by molar-refractivity contribution is 0.104. The fourth-order valence-electron chi connectivity index (χ4n) is 1.83. The first kappa shape index (κ1) is 12.2. The van der Waals surface area contributed by atoms with E-state index in [1.165, 1.54) is 5.56 Å². The number of ketones is 1. The minimum atomic E-state index is 0.0318. The molecule has 1 aromatic carbocycles. The number of carbonyl (C=O) groups excluding carboxylic acids is 1. The highest BCUT2D eigenvalue weighted by atomic mass is 16.1. The first-order valence-electron chi connectivity index (χ1n) is 5.86. The lowest BCUT2D eigenvalue weighted by Crippen LogP contribution is -1.97. The molecule has 2 aromatic rings. The topological polar surface area (TPSA) is 30.0 Å². The zero-order valence-corrected chi connectivity index (χ0v) is 10.6. The van der Waals surface area contributed by atoms with E-state index in [0.29, 0.717) is 0 Å². The van der Waals surface area contributed by atoms with Gasteiger partial charge in [0.1, 0.15) is 0 Å². The van der Waals surface area contributed by atoms with Crippen molar-refractivity contribution in [2.75, 3.05) is 0 Å². The summed E-state index contributed by atoms with van der Waals surface area (Å²) in [6.07, 6.45) is 6.83. The molecule has 0 bridgehead atoms. The lowest BCUT2D eigenvalue weighted by Gasteiger charge is -2.02. The van der Waals surface area contributed by atoms with Crippen LogP contribution in [0.25, 0.3) is 6.08 Å². The number of aryl methyl sites for hydroxylation is 2. The first-order valence-corrected chi connectivity index (χ1v) is 5.86. The SMILES string of the molecule is Cc1ccc(C(=O)/C=C/c2ccncc2)c(C)c1. The highest BCUT2D eigenvalue weighted by molar-refractivity contribution is 6.07. The van der Waals surface area contributed by atoms with Gasteiger partial charge in [0.15, 0.2) is 5.78 Å². The Hall–Kier alpha value is -2.22. The van der Waals surface area contributed by atoms with Crippen LogP contribution >= 0.6 is 0 Å². The van der Waals surface area contributed by atoms with Gasteiger partial charge in [0, 0.05) is 18.0 Å². The van der Waals surface area contributed by atoms with E-state index >= 15 is 0 Å². The monoisotopic (exact) mass is 237 g/mol. The van der Waals surface area contributed by atoms with Gasteiger partial charge in [-0.05, 0) is 43.2 Å². The number of benzene rings is 1. The van der Waals surface area contributed by atoms with Crippen LogP contribution in [0, 0.1) is 13.8 Å². The Bertz CT molecular complexity index is 585. The molecule has 2 nitrogen and oxygen atoms in total. The quantitative estimate of drug-likeness (QED) is 0.603. The predicted molar refractivity (Wildman–Crippen MR) is 73.5 cm³/mol. The van der Waals surface area contributed by atoms with Crippen molar-refractivity contribution in [3.8, 4) is 0 Å². The minimum Gasteiger partial charge on any atom is -0.289 e. The Morgan fingerprint density at radius 1 is 1.11 bits per heavy atom. The standard InChI is InChI=1S/C16H15NO/c1-12-3-5-15(13(2)11-12)16(18)6-4-14-7-9-17-10-8-14/h3-11H,1-2H3/b6-4+. The van der Waals surface area contributed by atoms with Gasteiger partial charge < -0.3 is 0 Å². The van der Waals surface area contributed by atoms with Crippen LogP contribution in [0.15, 0.2) is 48.8 Å². The Morgan fingerprint density at radius 3 is 2.50 bits per heavy atom. The molecular formula is C16H15NO. The van der Waals surface area contributed by atoms with Gasteiger partial charge in [-0.25, -0.2) is 0 Å². The Labute approximate surface area is 107 Å². The fourth-order valence-corrected chi connectivity index (χ4v) is 1.83. The van der Waals surface area contributed by atoms with E-state index in [1.54, 1.807) is 18.5 Å². The van der Waals surface area contributed by atoms with Crippen LogP contribution in [-0.2, 0) is 0 Å². The van der Waals surface area contributed by atoms with E-state index in [1.807, 2.05) is 50.3 Å². The van der Waals surface area contributed by atoms with E-state index in [9.17, 15) is 4.79 Å². The molecular weight excluding hydrogens is 222 g/mol. The van der Waals surface area contributed by atoms with Crippen LogP contribution < -0.4 is 0 Å². The zero-order chi connectivity index (χ0) is 13.0. The molecule has 90 valence electrons. The molecule has 0 aliphatic carbocycles. The summed E-state index contributed by atoms with van der Waals surface area (Å²) in [4.78, 5) is 16.0. The summed E-state index contributed by atoms with van der Waals surface area (Å²) in [6, 6.07) is 9.59. The molecule has 0 unspecified atom stereocenters. The summed E-state index contributed by atoms with van der Waals surface area (Å²) in [5.74, 6) is 0.0318. The molecule has 18 heavy (non-hydrogen) atoms. The average Bonchev–Trinajstić information content (AvgIpc) is 2.37. The van der Waals surface area contributed by atoms with Gasteiger partial charge in [0.25, 0.3) is 0 Å². The number of carbonyl (C=O) groups is 1. The summed E-state index contributed by atoms with van der Waals surface area (Å²) in [5, 5.41) is 0. The van der Waals surface area contributed by atoms with Crippen molar-refractivity contribution >= 4 is 11.9 Å². The van der Waals surface area contributed by atoms with Crippen molar-refractivity contribution in [1.29, 1.82) is 0 Å². The van der Waals surface area contributed by atoms with E-state index < -0.39 is 0 Å². The van der Waals surface area contributed by atoms with Crippen LogP contribution in [0.4, 0.5) is 0 Å². The Morgan fingerprint density at radius 2 is 1.83 bits per heavy atom. The van der Waals surface area contributed by atoms with Crippen LogP contribution in [0.1, 0.15) is 27.0 Å². The second-order valence-corrected chi connectivity index (χ2v) is 4.30. The maximum Gasteiger partial charge on any atom is 0.186 e. The molecule has 0 spiro atoms. The average molecular weight is 237 g/mol. The van der Waals surface area contributed by atoms with E-state index in [0.717, 1.165) is 16.7 Å². The molecule has 0 amide bonds. The predicted octanol–water partition coefficient (Wildman–Crippen LogP) is 3.59. The third kappa shape index (κ3) is 2.92. The third-order valence-electron chi connectivity index (χ3n) is 2.78. The molecule has 1 heterocycles. The van der Waals surface area contributed by atoms with Crippen LogP contribution in [0.2, 0.25) is 0 Å². The van der Waals surface area contributed by atoms with Crippen molar-refractivity contribution < 1.29 is 4.79 Å². The van der Waals surface area contributed by atoms with E-state index in [2.05, 4.69) is 4.98 Å². The summed E-state index contributed by atoms with van der Waals surface area (Å²) in [6.45, 7) is 3.98. The second kappa shape index (κ2) is 5.41. The normalized spacial score (nSPS) is 10.8. The van der Waals surface area contributed by atoms with Crippen molar-refractivity contribution in [3.05, 3.63) is 71.1 Å². The van der Waals surface area contributed by atoms with Crippen LogP contribution in [0.3, 0.4) is 0 Å². The fraction of sp³-hybridized carbons (Fsp3) is 0.125. The van der Waals surface area contributed by atoms with Gasteiger partial charge >= 0.3 is 0 Å². The zero-order valence-electron chi connectivity index (χ0n) is 10.6. The van der Waals surface area contributed by atoms with Gasteiger partial charge in [-0.1, -0.05) is 29.8 Å². The number of allylic oxidation sites excluding steroid dienone is 1. The summed E-state index contributed by atoms with van der Waals surface area (Å²) >= 11 is 0. The second-order valence-electron chi connectivity index (χ2n) is 4.30. The van der Waals surface area contributed by atoms with Gasteiger partial charge in [-0.15, -0.1) is 0 Å². The lowest BCUT2D eigenvalue weighted by atomic mass is 10.0. The van der Waals surface area contributed by atoms with Crippen molar-refractivity contribution in [1.82, 2.24) is 4.98 Å². The number of nitrogens with zero attached hydrogens (tertiary/aromatic N) is 1. The van der Waals surface area contributed by atoms with E-state index in [-0.39, 0.29) is 5.78 Å². The Kier molecular flexibility index (Phi) is 3.68. The van der Waals surface area contributed by atoms with Gasteiger partial charge in [0.2, 0.25) is 0 Å². The van der Waals surface area contributed by atoms with Gasteiger partial charge in [-0.3, -0.25) is 9.78 Å². The van der Waals surface area contributed by atoms with Gasteiger partial charge in [0.05, 0.1) is 0 Å². The third-order valence-corrected chi connectivity index (χ3v) is 2.78. The Balaban J connectivity index is 2.20. The first-order chi connectivity index (χ1) is 8.66. The van der Waals surface area contributed by atoms with Crippen molar-refractivity contribution in [3.63, 3.8) is 0 Å². The maximum absolute atomic E-state index is 12.0. The highest BCUT2D eigenvalue weighted by Crippen LogP contribution is 2.12. The molecule has 0 radical (unpaired) electrons. The van der Waals surface area contributed by atoms with Crippen molar-refractivity contribution in [2.24, 2.45) is 0 Å². The molecule has 2 rings (SSSR count). The largest absolute Gasteiger partial charge is 0.289 e. The smallest absolute Gasteiger partial charge is 0.186 e. The minimum absolute atomic E-state index is 0.0318. The molecule has 2 heteroatoms. The van der Waals surface area contributed by atoms with Crippen LogP contribution in [-0.4, -0.2) is 10.8 Å². The molecule has 1 aromatic heterocycles. The molecule has 0 N–H and O–H groups in total. The molecule has 0 saturated carbocycles. The molecule has 0 atom stereocenters. The summed E-state index contributed by atoms with van der Waals surface area (Å²) in [5.41, 5.74) is 3.91. The molecule has 0 aliphatic rings. The molecule has 0 saturated heterocycles. The van der Waals surface area contributed by atoms with E-state index in [4.69, 9.17) is 0 Å². The van der Waals surface area contributed by atoms with Crippen molar-refractivity contribution in [2.45, 2.75) is 13.8 Å². The summed E-state index contributed by atoms with van der Waals surface area (Å²) in [7, 11) is 0. The highest BCUT2D eigenvalue weighted by Gasteiger charge is 2.05. The number of aromatic nitrogens is 1. The summed E-state index contributed by atoms with van der Waals surface area (Å²) < 4.78 is 0. The molecule has 0 aliphatic heterocycles. The number of hydrogen-bond donors (Lipinski definition) is 0. The van der Waals surface area contributed by atoms with Crippen LogP contribution in [0.5, 0.6) is 0 Å².